The van der Waals surface area contributed by atoms with E-state index in [2.05, 4.69) is 5.32 Å². The summed E-state index contributed by atoms with van der Waals surface area (Å²) < 4.78 is 5.24. The molecule has 2 aromatic carbocycles. The molecule has 0 aliphatic carbocycles. The Hall–Kier alpha value is -2.33. The van der Waals surface area contributed by atoms with Crippen LogP contribution in [0.15, 0.2) is 60.7 Å². The van der Waals surface area contributed by atoms with Gasteiger partial charge >= 0.3 is 6.09 Å². The highest BCUT2D eigenvalue weighted by Gasteiger charge is 2.20. The maximum Gasteiger partial charge on any atom is 0.407 e. The third-order valence-corrected chi connectivity index (χ3v) is 4.19. The van der Waals surface area contributed by atoms with Crippen LogP contribution in [0, 0.1) is 5.92 Å². The molecule has 0 saturated carbocycles. The maximum atomic E-state index is 11.9. The Morgan fingerprint density at radius 1 is 1.04 bits per heavy atom. The van der Waals surface area contributed by atoms with Crippen LogP contribution < -0.4 is 5.32 Å². The summed E-state index contributed by atoms with van der Waals surface area (Å²) >= 11 is 0. The second-order valence-corrected chi connectivity index (χ2v) is 6.25. The van der Waals surface area contributed by atoms with E-state index in [4.69, 9.17) is 4.74 Å². The summed E-state index contributed by atoms with van der Waals surface area (Å²) in [6.45, 7) is 2.68. The molecule has 0 fully saturated rings. The van der Waals surface area contributed by atoms with Crippen molar-refractivity contribution in [1.82, 2.24) is 5.32 Å². The zero-order chi connectivity index (χ0) is 17.9. The van der Waals surface area contributed by atoms with Crippen molar-refractivity contribution in [3.63, 3.8) is 0 Å². The quantitative estimate of drug-likeness (QED) is 0.726. The van der Waals surface area contributed by atoms with Gasteiger partial charge in [0.25, 0.3) is 0 Å². The lowest BCUT2D eigenvalue weighted by atomic mass is 9.91. The van der Waals surface area contributed by atoms with Crippen molar-refractivity contribution in [3.05, 3.63) is 71.8 Å². The number of nitrogens with one attached hydrogen (secondary N) is 1. The number of benzene rings is 2. The fourth-order valence-electron chi connectivity index (χ4n) is 2.78. The summed E-state index contributed by atoms with van der Waals surface area (Å²) in [5.74, 6) is -0.0355. The van der Waals surface area contributed by atoms with Crippen molar-refractivity contribution in [2.24, 2.45) is 5.92 Å². The number of ether oxygens (including phenoxy) is 1. The predicted molar refractivity (Wildman–Crippen MR) is 99.2 cm³/mol. The molecule has 4 nitrogen and oxygen atoms in total. The van der Waals surface area contributed by atoms with Crippen molar-refractivity contribution < 1.29 is 14.6 Å². The molecular formula is C21H27NO3. The SMILES string of the molecule is CCC[C@H](O)[C@@H](CNC(=O)OCc1ccccc1)Cc1ccccc1. The van der Waals surface area contributed by atoms with Crippen LogP contribution in [-0.2, 0) is 17.8 Å². The Morgan fingerprint density at radius 2 is 1.64 bits per heavy atom. The van der Waals surface area contributed by atoms with Gasteiger partial charge in [-0.05, 0) is 24.0 Å². The van der Waals surface area contributed by atoms with Gasteiger partial charge in [-0.1, -0.05) is 74.0 Å². The van der Waals surface area contributed by atoms with Crippen LogP contribution in [0.5, 0.6) is 0 Å². The number of hydrogen-bond acceptors (Lipinski definition) is 3. The first-order chi connectivity index (χ1) is 12.2. The highest BCUT2D eigenvalue weighted by Crippen LogP contribution is 2.16. The first-order valence-electron chi connectivity index (χ1n) is 8.85. The van der Waals surface area contributed by atoms with Gasteiger partial charge in [0.2, 0.25) is 0 Å². The largest absolute Gasteiger partial charge is 0.445 e. The Balaban J connectivity index is 1.84. The second kappa shape index (κ2) is 10.5. The molecule has 2 N–H and O–H groups in total. The van der Waals surface area contributed by atoms with Crippen LogP contribution in [0.2, 0.25) is 0 Å². The van der Waals surface area contributed by atoms with Gasteiger partial charge in [-0.3, -0.25) is 0 Å². The van der Waals surface area contributed by atoms with Crippen molar-refractivity contribution in [2.75, 3.05) is 6.54 Å². The van der Waals surface area contributed by atoms with Gasteiger partial charge in [-0.15, -0.1) is 0 Å². The minimum atomic E-state index is -0.453. The number of amides is 1. The molecule has 25 heavy (non-hydrogen) atoms. The minimum absolute atomic E-state index is 0.0355. The van der Waals surface area contributed by atoms with Gasteiger partial charge in [0.1, 0.15) is 6.61 Å². The molecule has 0 aromatic heterocycles. The predicted octanol–water partition coefficient (Wildman–Crippen LogP) is 3.93. The molecule has 0 aliphatic rings. The summed E-state index contributed by atoms with van der Waals surface area (Å²) in [5.41, 5.74) is 2.10. The lowest BCUT2D eigenvalue weighted by Crippen LogP contribution is -2.36. The lowest BCUT2D eigenvalue weighted by molar-refractivity contribution is 0.0921. The third kappa shape index (κ3) is 6.98. The lowest BCUT2D eigenvalue weighted by Gasteiger charge is -2.23. The average molecular weight is 341 g/mol. The number of carbonyl (C=O) groups is 1. The highest BCUT2D eigenvalue weighted by atomic mass is 16.5. The van der Waals surface area contributed by atoms with Crippen LogP contribution in [0.4, 0.5) is 4.79 Å². The normalized spacial score (nSPS) is 13.0. The minimum Gasteiger partial charge on any atom is -0.445 e. The average Bonchev–Trinajstić information content (AvgIpc) is 2.65. The summed E-state index contributed by atoms with van der Waals surface area (Å²) in [7, 11) is 0. The molecule has 2 rings (SSSR count). The van der Waals surface area contributed by atoms with Crippen molar-refractivity contribution in [3.8, 4) is 0 Å². The van der Waals surface area contributed by atoms with E-state index in [0.717, 1.165) is 30.4 Å². The van der Waals surface area contributed by atoms with E-state index < -0.39 is 12.2 Å². The second-order valence-electron chi connectivity index (χ2n) is 6.25. The topological polar surface area (TPSA) is 58.6 Å². The van der Waals surface area contributed by atoms with Gasteiger partial charge in [0, 0.05) is 12.5 Å². The molecule has 4 heteroatoms. The Labute approximate surface area is 149 Å². The monoisotopic (exact) mass is 341 g/mol. The van der Waals surface area contributed by atoms with Gasteiger partial charge < -0.3 is 15.2 Å². The van der Waals surface area contributed by atoms with Crippen molar-refractivity contribution >= 4 is 6.09 Å². The van der Waals surface area contributed by atoms with Gasteiger partial charge in [-0.2, -0.15) is 0 Å². The van der Waals surface area contributed by atoms with E-state index in [9.17, 15) is 9.90 Å². The molecule has 2 aromatic rings. The standard InChI is InChI=1S/C21H27NO3/c1-2-9-20(23)19(14-17-10-5-3-6-11-17)15-22-21(24)25-16-18-12-7-4-8-13-18/h3-8,10-13,19-20,23H,2,9,14-16H2,1H3,(H,22,24)/t19-,20+/m1/s1. The van der Waals surface area contributed by atoms with Crippen LogP contribution in [0.1, 0.15) is 30.9 Å². The first kappa shape index (κ1) is 19.0. The third-order valence-electron chi connectivity index (χ3n) is 4.19. The van der Waals surface area contributed by atoms with E-state index >= 15 is 0 Å². The molecule has 0 heterocycles. The fourth-order valence-corrected chi connectivity index (χ4v) is 2.78. The first-order valence-corrected chi connectivity index (χ1v) is 8.85. The Bertz CT molecular complexity index is 616. The molecular weight excluding hydrogens is 314 g/mol. The van der Waals surface area contributed by atoms with Crippen LogP contribution in [0.25, 0.3) is 0 Å². The molecule has 0 saturated heterocycles. The number of rotatable bonds is 9. The maximum absolute atomic E-state index is 11.9. The summed E-state index contributed by atoms with van der Waals surface area (Å²) in [4.78, 5) is 11.9. The zero-order valence-corrected chi connectivity index (χ0v) is 14.7. The van der Waals surface area contributed by atoms with E-state index in [0.29, 0.717) is 6.54 Å². The van der Waals surface area contributed by atoms with Gasteiger partial charge in [-0.25, -0.2) is 4.79 Å². The molecule has 0 bridgehead atoms. The molecule has 2 atom stereocenters. The number of alkyl carbamates (subject to hydrolysis) is 1. The van der Waals surface area contributed by atoms with Crippen LogP contribution >= 0.6 is 0 Å². The van der Waals surface area contributed by atoms with Gasteiger partial charge in [0.05, 0.1) is 6.10 Å². The number of aliphatic hydroxyl groups excluding tert-OH is 1. The highest BCUT2D eigenvalue weighted by molar-refractivity contribution is 5.67. The number of carbonyl (C=O) groups excluding carboxylic acids is 1. The van der Waals surface area contributed by atoms with E-state index in [1.165, 1.54) is 0 Å². The summed E-state index contributed by atoms with van der Waals surface area (Å²) in [5, 5.41) is 13.2. The zero-order valence-electron chi connectivity index (χ0n) is 14.7. The van der Waals surface area contributed by atoms with Gasteiger partial charge in [0.15, 0.2) is 0 Å². The van der Waals surface area contributed by atoms with Crippen molar-refractivity contribution in [1.29, 1.82) is 0 Å². The summed E-state index contributed by atoms with van der Waals surface area (Å²) in [6.07, 6.45) is 1.45. The van der Waals surface area contributed by atoms with Crippen LogP contribution in [-0.4, -0.2) is 23.8 Å². The molecule has 134 valence electrons. The molecule has 0 aliphatic heterocycles. The van der Waals surface area contributed by atoms with E-state index in [1.54, 1.807) is 0 Å². The smallest absolute Gasteiger partial charge is 0.407 e. The number of aliphatic hydroxyl groups is 1. The molecule has 1 amide bonds. The van der Waals surface area contributed by atoms with Crippen LogP contribution in [0.3, 0.4) is 0 Å². The summed E-state index contributed by atoms with van der Waals surface area (Å²) in [6, 6.07) is 19.6. The van der Waals surface area contributed by atoms with Crippen molar-refractivity contribution in [2.45, 2.75) is 38.9 Å². The van der Waals surface area contributed by atoms with E-state index in [1.807, 2.05) is 67.6 Å². The Kier molecular flexibility index (Phi) is 7.99. The number of hydrogen-bond donors (Lipinski definition) is 2. The fraction of sp³-hybridized carbons (Fsp3) is 0.381. The molecule has 0 spiro atoms. The molecule has 0 unspecified atom stereocenters. The Morgan fingerprint density at radius 3 is 2.24 bits per heavy atom. The van der Waals surface area contributed by atoms with E-state index in [-0.39, 0.29) is 12.5 Å². The molecule has 0 radical (unpaired) electrons.